The van der Waals surface area contributed by atoms with Crippen LogP contribution in [0.15, 0.2) is 54.6 Å². The number of likely N-dealkylation sites (tertiary alicyclic amines) is 1. The summed E-state index contributed by atoms with van der Waals surface area (Å²) in [5, 5.41) is 0. The van der Waals surface area contributed by atoms with Crippen LogP contribution in [-0.2, 0) is 6.61 Å². The van der Waals surface area contributed by atoms with Crippen LogP contribution in [-0.4, -0.2) is 23.0 Å². The maximum Gasteiger partial charge on any atom is 0.119 e. The zero-order valence-electron chi connectivity index (χ0n) is 12.7. The maximum absolute atomic E-state index is 5.82. The second-order valence-corrected chi connectivity index (χ2v) is 6.04. The molecular formula is C19H21NOS. The topological polar surface area (TPSA) is 12.5 Å². The molecule has 2 aromatic rings. The molecule has 114 valence electrons. The first-order valence-electron chi connectivity index (χ1n) is 7.89. The molecule has 0 unspecified atom stereocenters. The predicted molar refractivity (Wildman–Crippen MR) is 94.3 cm³/mol. The summed E-state index contributed by atoms with van der Waals surface area (Å²) in [4.78, 5) is 3.29. The minimum atomic E-state index is 0.594. The summed E-state index contributed by atoms with van der Waals surface area (Å²) in [5.74, 6) is 0.883. The molecule has 2 nitrogen and oxygen atoms in total. The minimum absolute atomic E-state index is 0.594. The standard InChI is InChI=1S/C19H21NOS/c22-19(20-13-5-2-6-14-20)17-9-11-18(12-10-17)21-15-16-7-3-1-4-8-16/h1,3-4,7-12H,2,5-6,13-15H2. The molecule has 2 aromatic carbocycles. The van der Waals surface area contributed by atoms with Crippen LogP contribution in [0.2, 0.25) is 0 Å². The molecule has 0 saturated carbocycles. The van der Waals surface area contributed by atoms with Crippen molar-refractivity contribution < 1.29 is 4.74 Å². The lowest BCUT2D eigenvalue weighted by Crippen LogP contribution is -2.34. The molecule has 0 aromatic heterocycles. The van der Waals surface area contributed by atoms with E-state index in [1.165, 1.54) is 24.8 Å². The summed E-state index contributed by atoms with van der Waals surface area (Å²) < 4.78 is 5.82. The lowest BCUT2D eigenvalue weighted by atomic mass is 10.1. The molecule has 0 radical (unpaired) electrons. The smallest absolute Gasteiger partial charge is 0.119 e. The van der Waals surface area contributed by atoms with Crippen LogP contribution < -0.4 is 4.74 Å². The van der Waals surface area contributed by atoms with Crippen molar-refractivity contribution in [2.75, 3.05) is 13.1 Å². The van der Waals surface area contributed by atoms with Crippen molar-refractivity contribution in [1.82, 2.24) is 4.90 Å². The Morgan fingerprint density at radius 3 is 2.27 bits per heavy atom. The van der Waals surface area contributed by atoms with E-state index in [0.717, 1.165) is 29.4 Å². The lowest BCUT2D eigenvalue weighted by molar-refractivity contribution is 0.306. The second kappa shape index (κ2) is 7.41. The number of nitrogens with zero attached hydrogens (tertiary/aromatic N) is 1. The largest absolute Gasteiger partial charge is 0.489 e. The van der Waals surface area contributed by atoms with Crippen molar-refractivity contribution in [3.63, 3.8) is 0 Å². The van der Waals surface area contributed by atoms with Gasteiger partial charge in [0, 0.05) is 18.7 Å². The van der Waals surface area contributed by atoms with Gasteiger partial charge in [0.15, 0.2) is 0 Å². The quantitative estimate of drug-likeness (QED) is 0.775. The van der Waals surface area contributed by atoms with E-state index < -0.39 is 0 Å². The molecule has 0 bridgehead atoms. The van der Waals surface area contributed by atoms with Crippen LogP contribution in [0.1, 0.15) is 30.4 Å². The molecular weight excluding hydrogens is 290 g/mol. The number of thiocarbonyl (C=S) groups is 1. The van der Waals surface area contributed by atoms with Gasteiger partial charge in [-0.05, 0) is 49.1 Å². The van der Waals surface area contributed by atoms with Crippen LogP contribution in [0.5, 0.6) is 5.75 Å². The number of hydrogen-bond donors (Lipinski definition) is 0. The lowest BCUT2D eigenvalue weighted by Gasteiger charge is -2.29. The molecule has 0 spiro atoms. The van der Waals surface area contributed by atoms with Gasteiger partial charge in [-0.2, -0.15) is 0 Å². The molecule has 1 aliphatic rings. The fraction of sp³-hybridized carbons (Fsp3) is 0.316. The highest BCUT2D eigenvalue weighted by molar-refractivity contribution is 7.80. The Morgan fingerprint density at radius 1 is 0.909 bits per heavy atom. The molecule has 1 heterocycles. The zero-order chi connectivity index (χ0) is 15.2. The van der Waals surface area contributed by atoms with Gasteiger partial charge < -0.3 is 9.64 Å². The van der Waals surface area contributed by atoms with Crippen LogP contribution in [0, 0.1) is 0 Å². The number of hydrogen-bond acceptors (Lipinski definition) is 2. The van der Waals surface area contributed by atoms with E-state index in [9.17, 15) is 0 Å². The molecule has 3 rings (SSSR count). The zero-order valence-corrected chi connectivity index (χ0v) is 13.5. The first-order chi connectivity index (χ1) is 10.8. The van der Waals surface area contributed by atoms with Gasteiger partial charge in [-0.25, -0.2) is 0 Å². The second-order valence-electron chi connectivity index (χ2n) is 5.65. The predicted octanol–water partition coefficient (Wildman–Crippen LogP) is 4.43. The van der Waals surface area contributed by atoms with Crippen LogP contribution >= 0.6 is 12.2 Å². The van der Waals surface area contributed by atoms with E-state index in [-0.39, 0.29) is 0 Å². The van der Waals surface area contributed by atoms with Crippen molar-refractivity contribution >= 4 is 17.2 Å². The molecule has 22 heavy (non-hydrogen) atoms. The first-order valence-corrected chi connectivity index (χ1v) is 8.30. The Balaban J connectivity index is 1.59. The van der Waals surface area contributed by atoms with Gasteiger partial charge in [-0.15, -0.1) is 0 Å². The molecule has 0 aliphatic carbocycles. The van der Waals surface area contributed by atoms with Gasteiger partial charge in [0.05, 0.1) is 0 Å². The van der Waals surface area contributed by atoms with Gasteiger partial charge in [0.2, 0.25) is 0 Å². The van der Waals surface area contributed by atoms with Crippen LogP contribution in [0.4, 0.5) is 0 Å². The van der Waals surface area contributed by atoms with Gasteiger partial charge in [0.25, 0.3) is 0 Å². The van der Waals surface area contributed by atoms with Gasteiger partial charge >= 0.3 is 0 Å². The van der Waals surface area contributed by atoms with Gasteiger partial charge in [-0.1, -0.05) is 42.5 Å². The van der Waals surface area contributed by atoms with Crippen molar-refractivity contribution in [3.05, 3.63) is 65.7 Å². The number of benzene rings is 2. The van der Waals surface area contributed by atoms with Crippen molar-refractivity contribution in [1.29, 1.82) is 0 Å². The summed E-state index contributed by atoms with van der Waals surface area (Å²) >= 11 is 5.61. The summed E-state index contributed by atoms with van der Waals surface area (Å²) in [6.07, 6.45) is 3.82. The average Bonchev–Trinajstić information content (AvgIpc) is 2.61. The molecule has 0 amide bonds. The Kier molecular flexibility index (Phi) is 5.07. The SMILES string of the molecule is S=C(c1ccc(OCc2ccccc2)cc1)N1CCCCC1. The third kappa shape index (κ3) is 3.86. The fourth-order valence-corrected chi connectivity index (χ4v) is 3.03. The maximum atomic E-state index is 5.82. The Hall–Kier alpha value is -1.87. The Morgan fingerprint density at radius 2 is 1.59 bits per heavy atom. The number of ether oxygens (including phenoxy) is 1. The van der Waals surface area contributed by atoms with E-state index in [2.05, 4.69) is 29.2 Å². The normalized spacial score (nSPS) is 14.6. The van der Waals surface area contributed by atoms with Gasteiger partial charge in [-0.3, -0.25) is 0 Å². The molecule has 1 fully saturated rings. The van der Waals surface area contributed by atoms with E-state index in [0.29, 0.717) is 6.61 Å². The highest BCUT2D eigenvalue weighted by Gasteiger charge is 2.14. The van der Waals surface area contributed by atoms with Gasteiger partial charge in [0.1, 0.15) is 17.3 Å². The van der Waals surface area contributed by atoms with E-state index in [4.69, 9.17) is 17.0 Å². The average molecular weight is 311 g/mol. The van der Waals surface area contributed by atoms with E-state index >= 15 is 0 Å². The molecule has 3 heteroatoms. The monoisotopic (exact) mass is 311 g/mol. The summed E-state index contributed by atoms with van der Waals surface area (Å²) in [7, 11) is 0. The molecule has 1 aliphatic heterocycles. The number of piperidine rings is 1. The third-order valence-electron chi connectivity index (χ3n) is 3.99. The summed E-state index contributed by atoms with van der Waals surface area (Å²) in [6.45, 7) is 2.77. The molecule has 1 saturated heterocycles. The van der Waals surface area contributed by atoms with Crippen LogP contribution in [0.25, 0.3) is 0 Å². The molecule has 0 atom stereocenters. The van der Waals surface area contributed by atoms with Crippen molar-refractivity contribution in [2.45, 2.75) is 25.9 Å². The van der Waals surface area contributed by atoms with Crippen molar-refractivity contribution in [2.24, 2.45) is 0 Å². The van der Waals surface area contributed by atoms with E-state index in [1.807, 2.05) is 30.3 Å². The van der Waals surface area contributed by atoms with Crippen molar-refractivity contribution in [3.8, 4) is 5.75 Å². The Bertz CT molecular complexity index is 603. The number of rotatable bonds is 4. The fourth-order valence-electron chi connectivity index (χ4n) is 2.71. The van der Waals surface area contributed by atoms with Crippen LogP contribution in [0.3, 0.4) is 0 Å². The summed E-state index contributed by atoms with van der Waals surface area (Å²) in [6, 6.07) is 18.4. The highest BCUT2D eigenvalue weighted by atomic mass is 32.1. The van der Waals surface area contributed by atoms with E-state index in [1.54, 1.807) is 0 Å². The summed E-state index contributed by atoms with van der Waals surface area (Å²) in [5.41, 5.74) is 2.29. The first kappa shape index (κ1) is 15.0. The minimum Gasteiger partial charge on any atom is -0.489 e. The Labute approximate surface area is 137 Å². The third-order valence-corrected chi connectivity index (χ3v) is 4.49. The highest BCUT2D eigenvalue weighted by Crippen LogP contribution is 2.18. The molecule has 0 N–H and O–H groups in total.